The molecule has 0 bridgehead atoms. The van der Waals surface area contributed by atoms with E-state index in [1.807, 2.05) is 5.57 Å². The van der Waals surface area contributed by atoms with Gasteiger partial charge >= 0.3 is 5.97 Å². The van der Waals surface area contributed by atoms with Crippen LogP contribution >= 0.6 is 0 Å². The van der Waals surface area contributed by atoms with Gasteiger partial charge in [-0.2, -0.15) is 0 Å². The minimum absolute atomic E-state index is 0.0451. The van der Waals surface area contributed by atoms with E-state index in [-0.39, 0.29) is 17.5 Å². The second-order valence-corrected chi connectivity index (χ2v) is 15.8. The monoisotopic (exact) mass is 468 g/mol. The van der Waals surface area contributed by atoms with Gasteiger partial charge in [0.1, 0.15) is 6.10 Å². The van der Waals surface area contributed by atoms with Crippen LogP contribution in [-0.2, 0) is 9.53 Å². The number of carbonyl (C=O) groups is 1. The lowest BCUT2D eigenvalue weighted by Gasteiger charge is -2.71. The van der Waals surface area contributed by atoms with Crippen LogP contribution in [0.15, 0.2) is 11.6 Å². The Morgan fingerprint density at radius 2 is 1.53 bits per heavy atom. The lowest BCUT2D eigenvalue weighted by molar-refractivity contribution is -0.211. The minimum Gasteiger partial charge on any atom is -0.462 e. The van der Waals surface area contributed by atoms with Gasteiger partial charge in [0.05, 0.1) is 0 Å². The number of rotatable bonds is 1. The summed E-state index contributed by atoms with van der Waals surface area (Å²) in [6.07, 6.45) is 15.9. The van der Waals surface area contributed by atoms with Crippen molar-refractivity contribution < 1.29 is 9.53 Å². The highest BCUT2D eigenvalue weighted by Crippen LogP contribution is 2.75. The first-order valence-electron chi connectivity index (χ1n) is 14.5. The molecule has 0 aromatic rings. The molecule has 0 unspecified atom stereocenters. The summed E-state index contributed by atoms with van der Waals surface area (Å²) >= 11 is 0. The van der Waals surface area contributed by atoms with Gasteiger partial charge in [0.2, 0.25) is 0 Å². The van der Waals surface area contributed by atoms with Gasteiger partial charge in [-0.15, -0.1) is 0 Å². The van der Waals surface area contributed by atoms with Gasteiger partial charge in [-0.05, 0) is 109 Å². The zero-order valence-corrected chi connectivity index (χ0v) is 23.8. The number of fused-ring (bicyclic) bond motifs is 7. The molecule has 192 valence electrons. The first kappa shape index (κ1) is 24.9. The Hall–Kier alpha value is -0.790. The molecule has 2 nitrogen and oxygen atoms in total. The summed E-state index contributed by atoms with van der Waals surface area (Å²) in [5, 5.41) is 0. The molecule has 5 rings (SSSR count). The van der Waals surface area contributed by atoms with Gasteiger partial charge in [0.15, 0.2) is 0 Å². The Balaban J connectivity index is 1.53. The maximum Gasteiger partial charge on any atom is 0.302 e. The van der Waals surface area contributed by atoms with Crippen molar-refractivity contribution in [1.82, 2.24) is 0 Å². The minimum atomic E-state index is -0.110. The molecule has 0 saturated heterocycles. The Morgan fingerprint density at radius 3 is 2.21 bits per heavy atom. The predicted octanol–water partition coefficient (Wildman–Crippen LogP) is 8.74. The van der Waals surface area contributed by atoms with E-state index in [1.165, 1.54) is 57.8 Å². The first-order chi connectivity index (χ1) is 15.6. The molecule has 0 N–H and O–H groups in total. The second kappa shape index (κ2) is 7.38. The van der Waals surface area contributed by atoms with Crippen LogP contribution in [0.2, 0.25) is 0 Å². The molecule has 2 heteroatoms. The van der Waals surface area contributed by atoms with Crippen LogP contribution < -0.4 is 0 Å². The van der Waals surface area contributed by atoms with Gasteiger partial charge < -0.3 is 4.74 Å². The van der Waals surface area contributed by atoms with Gasteiger partial charge in [-0.25, -0.2) is 0 Å². The highest BCUT2D eigenvalue weighted by Gasteiger charge is 2.68. The molecule has 34 heavy (non-hydrogen) atoms. The normalized spacial score (nSPS) is 51.1. The summed E-state index contributed by atoms with van der Waals surface area (Å²) in [5.41, 5.74) is 3.92. The van der Waals surface area contributed by atoms with E-state index in [0.29, 0.717) is 33.0 Å². The van der Waals surface area contributed by atoms with Crippen molar-refractivity contribution in [3.63, 3.8) is 0 Å². The van der Waals surface area contributed by atoms with E-state index in [1.54, 1.807) is 6.92 Å². The summed E-state index contributed by atoms with van der Waals surface area (Å²) in [4.78, 5) is 11.9. The smallest absolute Gasteiger partial charge is 0.302 e. The number of allylic oxidation sites excluding steroid dienone is 2. The summed E-state index contributed by atoms with van der Waals surface area (Å²) in [6, 6.07) is 0. The summed E-state index contributed by atoms with van der Waals surface area (Å²) in [5.74, 6) is 2.01. The maximum atomic E-state index is 11.9. The van der Waals surface area contributed by atoms with Crippen molar-refractivity contribution >= 4 is 5.97 Å². The molecular weight excluding hydrogens is 416 g/mol. The summed E-state index contributed by atoms with van der Waals surface area (Å²) < 4.78 is 5.91. The third-order valence-electron chi connectivity index (χ3n) is 13.3. The molecule has 4 fully saturated rings. The molecule has 0 heterocycles. The van der Waals surface area contributed by atoms with Crippen LogP contribution in [0.4, 0.5) is 0 Å². The van der Waals surface area contributed by atoms with Crippen molar-refractivity contribution in [3.8, 4) is 0 Å². The molecule has 0 radical (unpaired) electrons. The quantitative estimate of drug-likeness (QED) is 0.284. The number of hydrogen-bond donors (Lipinski definition) is 0. The fraction of sp³-hybridized carbons (Fsp3) is 0.906. The standard InChI is InChI=1S/C32H52O2/c1-21(33)34-26-13-14-30(7)24(28(26,4)5)12-15-32(9)25(30)11-10-22-23-20-27(2,3)16-17-29(23,6)18-19-31(22,32)8/h10,23-26H,11-20H2,1-9H3/t23-,24-,25-,26+,29+,30-,31+,32+/m0/s1. The molecule has 0 spiro atoms. The third-order valence-corrected chi connectivity index (χ3v) is 13.3. The van der Waals surface area contributed by atoms with Crippen LogP contribution in [0.5, 0.6) is 0 Å². The van der Waals surface area contributed by atoms with Crippen molar-refractivity contribution in [2.45, 2.75) is 133 Å². The van der Waals surface area contributed by atoms with Crippen molar-refractivity contribution in [3.05, 3.63) is 11.6 Å². The molecule has 4 saturated carbocycles. The maximum absolute atomic E-state index is 11.9. The lowest BCUT2D eigenvalue weighted by Crippen LogP contribution is -2.64. The average molecular weight is 469 g/mol. The molecule has 5 aliphatic carbocycles. The molecule has 0 amide bonds. The highest BCUT2D eigenvalue weighted by molar-refractivity contribution is 5.66. The zero-order valence-electron chi connectivity index (χ0n) is 23.8. The van der Waals surface area contributed by atoms with E-state index in [2.05, 4.69) is 61.5 Å². The van der Waals surface area contributed by atoms with Crippen LogP contribution in [0.25, 0.3) is 0 Å². The van der Waals surface area contributed by atoms with Gasteiger partial charge in [-0.1, -0.05) is 67.0 Å². The summed E-state index contributed by atoms with van der Waals surface area (Å²) in [7, 11) is 0. The van der Waals surface area contributed by atoms with Crippen molar-refractivity contribution in [2.24, 2.45) is 50.2 Å². The van der Waals surface area contributed by atoms with Gasteiger partial charge in [-0.3, -0.25) is 4.79 Å². The predicted molar refractivity (Wildman–Crippen MR) is 140 cm³/mol. The topological polar surface area (TPSA) is 26.3 Å². The Morgan fingerprint density at radius 1 is 0.853 bits per heavy atom. The molecule has 5 aliphatic rings. The Labute approximate surface area is 210 Å². The molecule has 0 aromatic carbocycles. The number of ether oxygens (including phenoxy) is 1. The Bertz CT molecular complexity index is 897. The zero-order chi connectivity index (χ0) is 24.9. The van der Waals surface area contributed by atoms with E-state index in [9.17, 15) is 4.79 Å². The molecular formula is C32H52O2. The van der Waals surface area contributed by atoms with E-state index >= 15 is 0 Å². The molecule has 0 aromatic heterocycles. The van der Waals surface area contributed by atoms with Crippen LogP contribution in [0.3, 0.4) is 0 Å². The van der Waals surface area contributed by atoms with Crippen molar-refractivity contribution in [1.29, 1.82) is 0 Å². The highest BCUT2D eigenvalue weighted by atomic mass is 16.5. The molecule has 8 atom stereocenters. The van der Waals surface area contributed by atoms with Gasteiger partial charge in [0, 0.05) is 12.3 Å². The average Bonchev–Trinajstić information content (AvgIpc) is 2.72. The van der Waals surface area contributed by atoms with E-state index in [4.69, 9.17) is 4.74 Å². The Kier molecular flexibility index (Phi) is 5.40. The SMILES string of the molecule is CC(=O)O[C@@H]1CC[C@@]2(C)[C@@H](CC[C@]3(C)[C@H]2CC=C2[C@@H]4CC(C)(C)CC[C@]4(C)CC[C@]23C)C1(C)C. The van der Waals surface area contributed by atoms with E-state index < -0.39 is 0 Å². The number of esters is 1. The van der Waals surface area contributed by atoms with Crippen LogP contribution in [-0.4, -0.2) is 12.1 Å². The fourth-order valence-electron chi connectivity index (χ4n) is 10.9. The number of hydrogen-bond acceptors (Lipinski definition) is 2. The van der Waals surface area contributed by atoms with Crippen LogP contribution in [0.1, 0.15) is 127 Å². The van der Waals surface area contributed by atoms with Gasteiger partial charge in [0.25, 0.3) is 0 Å². The first-order valence-corrected chi connectivity index (χ1v) is 14.5. The number of carbonyl (C=O) groups excluding carboxylic acids is 1. The lowest BCUT2D eigenvalue weighted by atomic mass is 9.33. The second-order valence-electron chi connectivity index (χ2n) is 15.8. The summed E-state index contributed by atoms with van der Waals surface area (Å²) in [6.45, 7) is 22.0. The van der Waals surface area contributed by atoms with Crippen molar-refractivity contribution in [2.75, 3.05) is 0 Å². The van der Waals surface area contributed by atoms with Crippen LogP contribution in [0, 0.1) is 50.2 Å². The largest absolute Gasteiger partial charge is 0.462 e. The third kappa shape index (κ3) is 3.21. The van der Waals surface area contributed by atoms with E-state index in [0.717, 1.165) is 18.3 Å². The molecule has 0 aliphatic heterocycles. The fourth-order valence-corrected chi connectivity index (χ4v) is 10.9.